The fourth-order valence-electron chi connectivity index (χ4n) is 2.23. The molecular formula is C14H20Cl2N2O2. The summed E-state index contributed by atoms with van der Waals surface area (Å²) in [5.74, 6) is 1.43. The number of alkyl halides is 1. The van der Waals surface area contributed by atoms with E-state index in [2.05, 4.69) is 4.90 Å². The van der Waals surface area contributed by atoms with Gasteiger partial charge in [-0.05, 0) is 18.2 Å². The zero-order valence-electron chi connectivity index (χ0n) is 11.5. The van der Waals surface area contributed by atoms with Crippen LogP contribution in [-0.2, 0) is 0 Å². The van der Waals surface area contributed by atoms with Gasteiger partial charge in [-0.2, -0.15) is 0 Å². The molecule has 1 aromatic rings. The van der Waals surface area contributed by atoms with Crippen molar-refractivity contribution in [1.82, 2.24) is 9.80 Å². The van der Waals surface area contributed by atoms with Gasteiger partial charge in [0.05, 0.1) is 7.11 Å². The van der Waals surface area contributed by atoms with E-state index in [-0.39, 0.29) is 18.3 Å². The van der Waals surface area contributed by atoms with E-state index >= 15 is 0 Å². The minimum atomic E-state index is 0. The quantitative estimate of drug-likeness (QED) is 0.797. The summed E-state index contributed by atoms with van der Waals surface area (Å²) < 4.78 is 5.15. The Bertz CT molecular complexity index is 435. The summed E-state index contributed by atoms with van der Waals surface area (Å²) in [4.78, 5) is 16.5. The molecular weight excluding hydrogens is 299 g/mol. The molecule has 1 saturated heterocycles. The fourth-order valence-corrected chi connectivity index (χ4v) is 2.47. The molecule has 20 heavy (non-hydrogen) atoms. The number of amides is 1. The van der Waals surface area contributed by atoms with E-state index in [9.17, 15) is 4.79 Å². The molecule has 0 spiro atoms. The summed E-state index contributed by atoms with van der Waals surface area (Å²) in [5, 5.41) is 0. The Kier molecular flexibility index (Phi) is 7.13. The van der Waals surface area contributed by atoms with E-state index in [0.717, 1.165) is 32.7 Å². The molecule has 0 aromatic heterocycles. The van der Waals surface area contributed by atoms with Crippen LogP contribution < -0.4 is 4.74 Å². The maximum atomic E-state index is 12.4. The number of carbonyl (C=O) groups excluding carboxylic acids is 1. The highest BCUT2D eigenvalue weighted by Crippen LogP contribution is 2.15. The maximum absolute atomic E-state index is 12.4. The third-order valence-corrected chi connectivity index (χ3v) is 3.55. The second kappa shape index (κ2) is 8.35. The average Bonchev–Trinajstić information content (AvgIpc) is 2.48. The molecule has 112 valence electrons. The van der Waals surface area contributed by atoms with Gasteiger partial charge in [0.15, 0.2) is 0 Å². The number of hydrogen-bond acceptors (Lipinski definition) is 3. The van der Waals surface area contributed by atoms with Crippen LogP contribution in [0.5, 0.6) is 5.75 Å². The minimum Gasteiger partial charge on any atom is -0.497 e. The van der Waals surface area contributed by atoms with Gasteiger partial charge < -0.3 is 9.64 Å². The van der Waals surface area contributed by atoms with Crippen LogP contribution in [0.2, 0.25) is 0 Å². The molecule has 0 unspecified atom stereocenters. The molecule has 0 N–H and O–H groups in total. The van der Waals surface area contributed by atoms with Crippen LogP contribution in [0.3, 0.4) is 0 Å². The van der Waals surface area contributed by atoms with Gasteiger partial charge in [-0.25, -0.2) is 0 Å². The number of methoxy groups -OCH3 is 1. The second-order valence-electron chi connectivity index (χ2n) is 4.55. The van der Waals surface area contributed by atoms with Gasteiger partial charge in [-0.3, -0.25) is 9.69 Å². The van der Waals surface area contributed by atoms with Crippen LogP contribution in [0.25, 0.3) is 0 Å². The van der Waals surface area contributed by atoms with Gasteiger partial charge in [-0.1, -0.05) is 6.07 Å². The molecule has 2 rings (SSSR count). The van der Waals surface area contributed by atoms with E-state index in [1.807, 2.05) is 23.1 Å². The van der Waals surface area contributed by atoms with E-state index in [1.54, 1.807) is 13.2 Å². The first-order chi connectivity index (χ1) is 9.24. The van der Waals surface area contributed by atoms with Gasteiger partial charge in [-0.15, -0.1) is 24.0 Å². The molecule has 1 amide bonds. The summed E-state index contributed by atoms with van der Waals surface area (Å²) in [6.45, 7) is 4.19. The minimum absolute atomic E-state index is 0. The van der Waals surface area contributed by atoms with Crippen LogP contribution in [-0.4, -0.2) is 61.4 Å². The summed E-state index contributed by atoms with van der Waals surface area (Å²) in [6, 6.07) is 7.30. The van der Waals surface area contributed by atoms with Gasteiger partial charge >= 0.3 is 0 Å². The van der Waals surface area contributed by atoms with Gasteiger partial charge in [0.2, 0.25) is 0 Å². The number of halogens is 2. The van der Waals surface area contributed by atoms with Crippen molar-refractivity contribution in [2.24, 2.45) is 0 Å². The van der Waals surface area contributed by atoms with Gasteiger partial charge in [0, 0.05) is 44.2 Å². The third kappa shape index (κ3) is 4.27. The SMILES string of the molecule is COc1cccc(C(=O)N2CCN(CCCl)CC2)c1.Cl. The lowest BCUT2D eigenvalue weighted by molar-refractivity contribution is 0.0644. The smallest absolute Gasteiger partial charge is 0.254 e. The van der Waals surface area contributed by atoms with Crippen molar-refractivity contribution in [1.29, 1.82) is 0 Å². The summed E-state index contributed by atoms with van der Waals surface area (Å²) in [5.41, 5.74) is 0.685. The number of ether oxygens (including phenoxy) is 1. The Hall–Kier alpha value is -0.970. The lowest BCUT2D eigenvalue weighted by Gasteiger charge is -2.34. The molecule has 1 aliphatic heterocycles. The number of benzene rings is 1. The molecule has 1 fully saturated rings. The summed E-state index contributed by atoms with van der Waals surface area (Å²) in [7, 11) is 1.61. The van der Waals surface area contributed by atoms with Crippen molar-refractivity contribution in [3.05, 3.63) is 29.8 Å². The molecule has 0 bridgehead atoms. The zero-order valence-corrected chi connectivity index (χ0v) is 13.1. The molecule has 6 heteroatoms. The van der Waals surface area contributed by atoms with Crippen molar-refractivity contribution in [3.63, 3.8) is 0 Å². The standard InChI is InChI=1S/C14H19ClN2O2.ClH/c1-19-13-4-2-3-12(11-13)14(18)17-9-7-16(6-5-15)8-10-17;/h2-4,11H,5-10H2,1H3;1H. The first-order valence-corrected chi connectivity index (χ1v) is 6.99. The predicted octanol–water partition coefficient (Wildman–Crippen LogP) is 2.11. The van der Waals surface area contributed by atoms with Crippen molar-refractivity contribution >= 4 is 29.9 Å². The predicted molar refractivity (Wildman–Crippen MR) is 83.3 cm³/mol. The lowest BCUT2D eigenvalue weighted by Crippen LogP contribution is -2.49. The second-order valence-corrected chi connectivity index (χ2v) is 4.93. The van der Waals surface area contributed by atoms with Gasteiger partial charge in [0.25, 0.3) is 5.91 Å². The Morgan fingerprint density at radius 3 is 2.60 bits per heavy atom. The summed E-state index contributed by atoms with van der Waals surface area (Å²) in [6.07, 6.45) is 0. The van der Waals surface area contributed by atoms with E-state index in [1.165, 1.54) is 0 Å². The van der Waals surface area contributed by atoms with Gasteiger partial charge in [0.1, 0.15) is 5.75 Å². The molecule has 1 aromatic carbocycles. The van der Waals surface area contributed by atoms with Crippen LogP contribution >= 0.6 is 24.0 Å². The monoisotopic (exact) mass is 318 g/mol. The van der Waals surface area contributed by atoms with E-state index in [4.69, 9.17) is 16.3 Å². The molecule has 4 nitrogen and oxygen atoms in total. The van der Waals surface area contributed by atoms with Crippen LogP contribution in [0.4, 0.5) is 0 Å². The lowest BCUT2D eigenvalue weighted by atomic mass is 10.1. The van der Waals surface area contributed by atoms with E-state index in [0.29, 0.717) is 17.2 Å². The molecule has 1 aliphatic rings. The Morgan fingerprint density at radius 1 is 1.30 bits per heavy atom. The normalized spacial score (nSPS) is 15.6. The molecule has 0 atom stereocenters. The molecule has 1 heterocycles. The first kappa shape index (κ1) is 17.1. The Labute approximate surface area is 131 Å². The first-order valence-electron chi connectivity index (χ1n) is 6.46. The number of piperazine rings is 1. The zero-order chi connectivity index (χ0) is 13.7. The summed E-state index contributed by atoms with van der Waals surface area (Å²) >= 11 is 5.73. The molecule has 0 radical (unpaired) electrons. The largest absolute Gasteiger partial charge is 0.497 e. The van der Waals surface area contributed by atoms with Crippen molar-refractivity contribution < 1.29 is 9.53 Å². The number of hydrogen-bond donors (Lipinski definition) is 0. The van der Waals surface area contributed by atoms with E-state index < -0.39 is 0 Å². The number of rotatable bonds is 4. The highest BCUT2D eigenvalue weighted by Gasteiger charge is 2.21. The number of carbonyl (C=O) groups is 1. The van der Waals surface area contributed by atoms with Crippen molar-refractivity contribution in [2.45, 2.75) is 0 Å². The van der Waals surface area contributed by atoms with Crippen LogP contribution in [0.15, 0.2) is 24.3 Å². The van der Waals surface area contributed by atoms with Crippen molar-refractivity contribution in [3.8, 4) is 5.75 Å². The number of nitrogens with zero attached hydrogens (tertiary/aromatic N) is 2. The fraction of sp³-hybridized carbons (Fsp3) is 0.500. The van der Waals surface area contributed by atoms with Crippen molar-refractivity contribution in [2.75, 3.05) is 45.7 Å². The van der Waals surface area contributed by atoms with Crippen LogP contribution in [0, 0.1) is 0 Å². The topological polar surface area (TPSA) is 32.8 Å². The molecule has 0 saturated carbocycles. The third-order valence-electron chi connectivity index (χ3n) is 3.38. The van der Waals surface area contributed by atoms with Crippen LogP contribution in [0.1, 0.15) is 10.4 Å². The average molecular weight is 319 g/mol. The highest BCUT2D eigenvalue weighted by atomic mass is 35.5. The Morgan fingerprint density at radius 2 is 2.00 bits per heavy atom. The highest BCUT2D eigenvalue weighted by molar-refractivity contribution is 6.18. The maximum Gasteiger partial charge on any atom is 0.254 e. The molecule has 0 aliphatic carbocycles. The Balaban J connectivity index is 0.00000200.